The van der Waals surface area contributed by atoms with Crippen LogP contribution < -0.4 is 24.3 Å². The summed E-state index contributed by atoms with van der Waals surface area (Å²) in [6, 6.07) is 21.5. The molecule has 3 aromatic carbocycles. The van der Waals surface area contributed by atoms with Gasteiger partial charge in [-0.05, 0) is 61.2 Å². The number of hydrogen-bond acceptors (Lipinski definition) is 6. The summed E-state index contributed by atoms with van der Waals surface area (Å²) >= 11 is 0. The number of imidazole rings is 1. The Kier molecular flexibility index (Phi) is 10.7. The van der Waals surface area contributed by atoms with Gasteiger partial charge in [0.25, 0.3) is 0 Å². The summed E-state index contributed by atoms with van der Waals surface area (Å²) in [4.78, 5) is 17.3. The van der Waals surface area contributed by atoms with Crippen molar-refractivity contribution in [2.24, 2.45) is 0 Å². The molecule has 4 aromatic rings. The second-order valence-corrected chi connectivity index (χ2v) is 9.58. The second kappa shape index (κ2) is 14.8. The molecule has 1 aromatic heterocycles. The number of carbonyl (C=O) groups is 1. The maximum Gasteiger partial charge on any atom is 0.224 e. The van der Waals surface area contributed by atoms with Gasteiger partial charge in [-0.1, -0.05) is 30.7 Å². The van der Waals surface area contributed by atoms with Gasteiger partial charge in [-0.25, -0.2) is 4.98 Å². The van der Waals surface area contributed by atoms with E-state index in [-0.39, 0.29) is 5.91 Å². The van der Waals surface area contributed by atoms with Crippen LogP contribution in [0.15, 0.2) is 66.7 Å². The number of aryl methyl sites for hydroxylation is 2. The number of aromatic nitrogens is 2. The average Bonchev–Trinajstić information content (AvgIpc) is 3.34. The van der Waals surface area contributed by atoms with E-state index in [0.717, 1.165) is 72.6 Å². The average molecular weight is 546 g/mol. The monoisotopic (exact) mass is 545 g/mol. The largest absolute Gasteiger partial charge is 0.497 e. The fourth-order valence-electron chi connectivity index (χ4n) is 4.72. The first-order valence-electron chi connectivity index (χ1n) is 13.8. The van der Waals surface area contributed by atoms with Crippen molar-refractivity contribution in [1.29, 1.82) is 0 Å². The number of ether oxygens (including phenoxy) is 4. The van der Waals surface area contributed by atoms with Gasteiger partial charge in [0.2, 0.25) is 5.91 Å². The molecule has 0 atom stereocenters. The van der Waals surface area contributed by atoms with Crippen LogP contribution in [-0.4, -0.2) is 49.9 Å². The molecule has 0 saturated heterocycles. The predicted molar refractivity (Wildman–Crippen MR) is 157 cm³/mol. The third kappa shape index (κ3) is 7.91. The van der Waals surface area contributed by atoms with Crippen molar-refractivity contribution in [2.45, 2.75) is 45.1 Å². The van der Waals surface area contributed by atoms with Gasteiger partial charge in [0.1, 0.15) is 17.3 Å². The molecule has 1 amide bonds. The first kappa shape index (κ1) is 28.8. The Bertz CT molecular complexity index is 1380. The van der Waals surface area contributed by atoms with Gasteiger partial charge in [0.15, 0.2) is 11.5 Å². The number of benzene rings is 3. The van der Waals surface area contributed by atoms with Crippen LogP contribution in [0.5, 0.6) is 23.0 Å². The van der Waals surface area contributed by atoms with Gasteiger partial charge in [-0.3, -0.25) is 4.79 Å². The van der Waals surface area contributed by atoms with Crippen LogP contribution in [0.25, 0.3) is 11.0 Å². The second-order valence-electron chi connectivity index (χ2n) is 9.58. The Balaban J connectivity index is 1.21. The summed E-state index contributed by atoms with van der Waals surface area (Å²) < 4.78 is 24.1. The van der Waals surface area contributed by atoms with Gasteiger partial charge < -0.3 is 28.8 Å². The van der Waals surface area contributed by atoms with E-state index in [0.29, 0.717) is 31.1 Å². The predicted octanol–water partition coefficient (Wildman–Crippen LogP) is 5.60. The highest BCUT2D eigenvalue weighted by molar-refractivity contribution is 5.78. The molecule has 8 heteroatoms. The third-order valence-corrected chi connectivity index (χ3v) is 6.78. The van der Waals surface area contributed by atoms with E-state index in [1.807, 2.05) is 48.5 Å². The number of fused-ring (bicyclic) bond motifs is 1. The van der Waals surface area contributed by atoms with Crippen molar-refractivity contribution in [3.63, 3.8) is 0 Å². The van der Waals surface area contributed by atoms with Crippen molar-refractivity contribution >= 4 is 16.9 Å². The van der Waals surface area contributed by atoms with E-state index in [1.165, 1.54) is 0 Å². The number of carbonyl (C=O) groups excluding carboxylic acids is 1. The topological polar surface area (TPSA) is 83.8 Å². The van der Waals surface area contributed by atoms with E-state index >= 15 is 0 Å². The van der Waals surface area contributed by atoms with Crippen LogP contribution in [0.2, 0.25) is 0 Å². The zero-order valence-corrected chi connectivity index (χ0v) is 23.7. The lowest BCUT2D eigenvalue weighted by atomic mass is 10.1. The zero-order chi connectivity index (χ0) is 28.2. The fourth-order valence-corrected chi connectivity index (χ4v) is 4.72. The van der Waals surface area contributed by atoms with Crippen LogP contribution in [0, 0.1) is 0 Å². The van der Waals surface area contributed by atoms with Crippen LogP contribution in [0.4, 0.5) is 0 Å². The molecule has 212 valence electrons. The number of unbranched alkanes of at least 4 members (excludes halogenated alkanes) is 2. The number of amides is 1. The summed E-state index contributed by atoms with van der Waals surface area (Å²) in [7, 11) is 4.85. The minimum atomic E-state index is 0.00479. The minimum absolute atomic E-state index is 0.00479. The molecule has 0 unspecified atom stereocenters. The van der Waals surface area contributed by atoms with Crippen molar-refractivity contribution in [1.82, 2.24) is 14.9 Å². The Morgan fingerprint density at radius 2 is 1.65 bits per heavy atom. The van der Waals surface area contributed by atoms with Gasteiger partial charge in [0, 0.05) is 25.6 Å². The summed E-state index contributed by atoms with van der Waals surface area (Å²) in [5.41, 5.74) is 3.07. The highest BCUT2D eigenvalue weighted by atomic mass is 16.5. The van der Waals surface area contributed by atoms with E-state index in [4.69, 9.17) is 23.9 Å². The van der Waals surface area contributed by atoms with Crippen LogP contribution in [0.3, 0.4) is 0 Å². The lowest BCUT2D eigenvalue weighted by Crippen LogP contribution is -2.26. The Labute approximate surface area is 236 Å². The SMILES string of the molecule is COc1cccc(OCCCn2c(CCCCCNC(=O)Cc3ccc(OC)c(OC)c3)nc3ccccc32)c1. The Morgan fingerprint density at radius 3 is 2.48 bits per heavy atom. The molecule has 0 aliphatic rings. The molecule has 0 bridgehead atoms. The number of nitrogens with zero attached hydrogens (tertiary/aromatic N) is 2. The summed E-state index contributed by atoms with van der Waals surface area (Å²) in [5, 5.41) is 3.03. The fraction of sp³-hybridized carbons (Fsp3) is 0.375. The highest BCUT2D eigenvalue weighted by Crippen LogP contribution is 2.27. The maximum atomic E-state index is 12.4. The number of para-hydroxylation sites is 2. The number of rotatable bonds is 16. The van der Waals surface area contributed by atoms with Gasteiger partial charge >= 0.3 is 0 Å². The number of methoxy groups -OCH3 is 3. The molecule has 0 radical (unpaired) electrons. The van der Waals surface area contributed by atoms with Crippen molar-refractivity contribution in [3.05, 3.63) is 78.1 Å². The maximum absolute atomic E-state index is 12.4. The lowest BCUT2D eigenvalue weighted by molar-refractivity contribution is -0.120. The third-order valence-electron chi connectivity index (χ3n) is 6.78. The van der Waals surface area contributed by atoms with E-state index in [1.54, 1.807) is 21.3 Å². The number of nitrogens with one attached hydrogen (secondary N) is 1. The molecule has 40 heavy (non-hydrogen) atoms. The molecule has 1 N–H and O–H groups in total. The Hall–Kier alpha value is -4.20. The minimum Gasteiger partial charge on any atom is -0.497 e. The zero-order valence-electron chi connectivity index (χ0n) is 23.7. The molecular weight excluding hydrogens is 506 g/mol. The molecule has 0 aliphatic heterocycles. The molecule has 0 saturated carbocycles. The summed E-state index contributed by atoms with van der Waals surface area (Å²) in [6.07, 6.45) is 5.02. The molecule has 0 spiro atoms. The smallest absolute Gasteiger partial charge is 0.224 e. The molecule has 8 nitrogen and oxygen atoms in total. The quantitative estimate of drug-likeness (QED) is 0.185. The molecule has 4 rings (SSSR count). The van der Waals surface area contributed by atoms with Gasteiger partial charge in [-0.2, -0.15) is 0 Å². The molecular formula is C32H39N3O5. The van der Waals surface area contributed by atoms with Crippen LogP contribution in [-0.2, 0) is 24.2 Å². The molecule has 0 fully saturated rings. The van der Waals surface area contributed by atoms with Crippen molar-refractivity contribution in [3.8, 4) is 23.0 Å². The van der Waals surface area contributed by atoms with E-state index in [2.05, 4.69) is 28.1 Å². The first-order chi connectivity index (χ1) is 19.6. The van der Waals surface area contributed by atoms with Gasteiger partial charge in [-0.15, -0.1) is 0 Å². The van der Waals surface area contributed by atoms with E-state index < -0.39 is 0 Å². The van der Waals surface area contributed by atoms with Crippen molar-refractivity contribution in [2.75, 3.05) is 34.5 Å². The molecule has 0 aliphatic carbocycles. The Morgan fingerprint density at radius 1 is 0.825 bits per heavy atom. The normalized spacial score (nSPS) is 10.9. The first-order valence-corrected chi connectivity index (χ1v) is 13.8. The molecule has 1 heterocycles. The van der Waals surface area contributed by atoms with E-state index in [9.17, 15) is 4.79 Å². The summed E-state index contributed by atoms with van der Waals surface area (Å²) in [5.74, 6) is 3.99. The van der Waals surface area contributed by atoms with Crippen LogP contribution >= 0.6 is 0 Å². The summed E-state index contributed by atoms with van der Waals surface area (Å²) in [6.45, 7) is 2.11. The lowest BCUT2D eigenvalue weighted by Gasteiger charge is -2.11. The standard InChI is InChI=1S/C32H39N3O5/c1-37-25-11-9-12-26(23-25)40-20-10-19-35-28-14-7-6-13-27(28)34-31(35)15-5-4-8-18-33-32(36)22-24-16-17-29(38-2)30(21-24)39-3/h6-7,9,11-14,16-17,21,23H,4-5,8,10,15,18-20,22H2,1-3H3,(H,33,36). The number of hydrogen-bond donors (Lipinski definition) is 1. The highest BCUT2D eigenvalue weighted by Gasteiger charge is 2.11. The van der Waals surface area contributed by atoms with Crippen LogP contribution in [0.1, 0.15) is 37.1 Å². The van der Waals surface area contributed by atoms with Gasteiger partial charge in [0.05, 0.1) is 45.4 Å². The van der Waals surface area contributed by atoms with Crippen molar-refractivity contribution < 1.29 is 23.7 Å².